The van der Waals surface area contributed by atoms with Crippen LogP contribution in [0.1, 0.15) is 36.9 Å². The van der Waals surface area contributed by atoms with Crippen LogP contribution >= 0.6 is 0 Å². The molecular formula is C22H23N3O. The maximum Gasteiger partial charge on any atom is 0.157 e. The normalized spacial score (nSPS) is 20.6. The Morgan fingerprint density at radius 2 is 1.73 bits per heavy atom. The number of aromatic nitrogens is 2. The SMILES string of the molecule is CN(Cc1cnc2ccccc2n1)C1(c2ccccc2)CCCCC1=O. The fourth-order valence-corrected chi connectivity index (χ4v) is 4.11. The molecule has 0 amide bonds. The monoisotopic (exact) mass is 345 g/mol. The van der Waals surface area contributed by atoms with Gasteiger partial charge in [0, 0.05) is 13.0 Å². The summed E-state index contributed by atoms with van der Waals surface area (Å²) in [5.74, 6) is 0.311. The second-order valence-electron chi connectivity index (χ2n) is 7.06. The fraction of sp³-hybridized carbons (Fsp3) is 0.318. The lowest BCUT2D eigenvalue weighted by Gasteiger charge is -2.43. The van der Waals surface area contributed by atoms with Crippen molar-refractivity contribution in [2.24, 2.45) is 0 Å². The zero-order valence-electron chi connectivity index (χ0n) is 15.1. The molecule has 4 rings (SSSR count). The van der Waals surface area contributed by atoms with E-state index < -0.39 is 5.54 Å². The second kappa shape index (κ2) is 6.96. The quantitative estimate of drug-likeness (QED) is 0.714. The lowest BCUT2D eigenvalue weighted by Crippen LogP contribution is -2.51. The number of likely N-dealkylation sites (N-methyl/N-ethyl adjacent to an activating group) is 1. The van der Waals surface area contributed by atoms with Crippen LogP contribution in [0.25, 0.3) is 11.0 Å². The minimum atomic E-state index is -0.563. The summed E-state index contributed by atoms with van der Waals surface area (Å²) in [4.78, 5) is 24.5. The number of carbonyl (C=O) groups is 1. The highest BCUT2D eigenvalue weighted by Gasteiger charge is 2.44. The number of benzene rings is 2. The van der Waals surface area contributed by atoms with Gasteiger partial charge in [-0.1, -0.05) is 48.9 Å². The van der Waals surface area contributed by atoms with Gasteiger partial charge in [-0.15, -0.1) is 0 Å². The number of hydrogen-bond acceptors (Lipinski definition) is 4. The number of Topliss-reactive ketones (excluding diaryl/α,β-unsaturated/α-hetero) is 1. The largest absolute Gasteiger partial charge is 0.297 e. The van der Waals surface area contributed by atoms with Gasteiger partial charge in [0.15, 0.2) is 5.78 Å². The molecule has 1 saturated carbocycles. The number of nitrogens with zero attached hydrogens (tertiary/aromatic N) is 3. The van der Waals surface area contributed by atoms with E-state index in [0.717, 1.165) is 41.6 Å². The zero-order valence-corrected chi connectivity index (χ0v) is 15.1. The molecule has 1 aromatic heterocycles. The molecule has 1 heterocycles. The third-order valence-corrected chi connectivity index (χ3v) is 5.45. The average Bonchev–Trinajstić information content (AvgIpc) is 2.69. The molecule has 4 nitrogen and oxygen atoms in total. The Bertz CT molecular complexity index is 925. The van der Waals surface area contributed by atoms with Crippen molar-refractivity contribution in [1.82, 2.24) is 14.9 Å². The van der Waals surface area contributed by atoms with Crippen LogP contribution in [0.2, 0.25) is 0 Å². The number of carbonyl (C=O) groups excluding carboxylic acids is 1. The molecule has 132 valence electrons. The average molecular weight is 345 g/mol. The maximum absolute atomic E-state index is 13.1. The van der Waals surface area contributed by atoms with Gasteiger partial charge in [0.1, 0.15) is 5.54 Å². The number of fused-ring (bicyclic) bond motifs is 1. The van der Waals surface area contributed by atoms with Crippen molar-refractivity contribution in [1.29, 1.82) is 0 Å². The van der Waals surface area contributed by atoms with Crippen molar-refractivity contribution < 1.29 is 4.79 Å². The first-order valence-electron chi connectivity index (χ1n) is 9.21. The van der Waals surface area contributed by atoms with Crippen LogP contribution in [-0.2, 0) is 16.9 Å². The van der Waals surface area contributed by atoms with Crippen LogP contribution in [0.3, 0.4) is 0 Å². The lowest BCUT2D eigenvalue weighted by molar-refractivity contribution is -0.134. The van der Waals surface area contributed by atoms with E-state index in [1.54, 1.807) is 0 Å². The Balaban J connectivity index is 1.70. The number of hydrogen-bond donors (Lipinski definition) is 0. The Kier molecular flexibility index (Phi) is 4.51. The molecule has 3 aromatic rings. The molecule has 0 saturated heterocycles. The molecule has 0 bridgehead atoms. The Morgan fingerprint density at radius 3 is 2.50 bits per heavy atom. The number of ketones is 1. The highest BCUT2D eigenvalue weighted by Crippen LogP contribution is 2.39. The van der Waals surface area contributed by atoms with E-state index in [9.17, 15) is 4.79 Å². The van der Waals surface area contributed by atoms with E-state index in [-0.39, 0.29) is 0 Å². The topological polar surface area (TPSA) is 46.1 Å². The van der Waals surface area contributed by atoms with Gasteiger partial charge in [0.25, 0.3) is 0 Å². The van der Waals surface area contributed by atoms with Crippen LogP contribution in [0.4, 0.5) is 0 Å². The first-order chi connectivity index (χ1) is 12.7. The van der Waals surface area contributed by atoms with E-state index >= 15 is 0 Å². The molecule has 0 N–H and O–H groups in total. The van der Waals surface area contributed by atoms with Crippen LogP contribution < -0.4 is 0 Å². The van der Waals surface area contributed by atoms with Crippen molar-refractivity contribution in [2.45, 2.75) is 37.8 Å². The van der Waals surface area contributed by atoms with Gasteiger partial charge >= 0.3 is 0 Å². The second-order valence-corrected chi connectivity index (χ2v) is 7.06. The molecule has 0 spiro atoms. The molecule has 1 aliphatic carbocycles. The van der Waals surface area contributed by atoms with E-state index in [1.165, 1.54) is 0 Å². The molecule has 1 unspecified atom stereocenters. The van der Waals surface area contributed by atoms with Gasteiger partial charge in [0.05, 0.1) is 22.9 Å². The van der Waals surface area contributed by atoms with E-state index in [4.69, 9.17) is 4.98 Å². The van der Waals surface area contributed by atoms with Gasteiger partial charge in [-0.2, -0.15) is 0 Å². The van der Waals surface area contributed by atoms with Crippen molar-refractivity contribution in [3.63, 3.8) is 0 Å². The summed E-state index contributed by atoms with van der Waals surface area (Å²) in [5, 5.41) is 0. The van der Waals surface area contributed by atoms with Gasteiger partial charge in [-0.25, -0.2) is 4.98 Å². The van der Waals surface area contributed by atoms with Crippen molar-refractivity contribution in [3.8, 4) is 0 Å². The predicted octanol–water partition coefficient (Wildman–Crippen LogP) is 4.10. The van der Waals surface area contributed by atoms with Crippen molar-refractivity contribution in [3.05, 3.63) is 72.1 Å². The standard InChI is InChI=1S/C22H23N3O/c1-25(16-18-15-23-19-11-5-6-12-20(19)24-18)22(14-8-7-13-21(22)26)17-9-3-2-4-10-17/h2-6,9-12,15H,7-8,13-14,16H2,1H3. The summed E-state index contributed by atoms with van der Waals surface area (Å²) in [5.41, 5.74) is 3.20. The van der Waals surface area contributed by atoms with Gasteiger partial charge in [0.2, 0.25) is 0 Å². The van der Waals surface area contributed by atoms with E-state index in [2.05, 4.69) is 22.0 Å². The first-order valence-corrected chi connectivity index (χ1v) is 9.21. The summed E-state index contributed by atoms with van der Waals surface area (Å²) in [6.07, 6.45) is 5.37. The molecule has 1 fully saturated rings. The molecule has 4 heteroatoms. The molecule has 26 heavy (non-hydrogen) atoms. The maximum atomic E-state index is 13.1. The summed E-state index contributed by atoms with van der Waals surface area (Å²) >= 11 is 0. The van der Waals surface area contributed by atoms with E-state index in [1.807, 2.05) is 55.7 Å². The summed E-state index contributed by atoms with van der Waals surface area (Å²) in [6, 6.07) is 18.1. The first kappa shape index (κ1) is 16.9. The number of para-hydroxylation sites is 2. The van der Waals surface area contributed by atoms with Gasteiger partial charge in [-0.05, 0) is 37.6 Å². The Labute approximate surface area is 153 Å². The third kappa shape index (κ3) is 2.90. The van der Waals surface area contributed by atoms with Crippen LogP contribution in [0.5, 0.6) is 0 Å². The summed E-state index contributed by atoms with van der Waals surface area (Å²) < 4.78 is 0. The predicted molar refractivity (Wildman–Crippen MR) is 103 cm³/mol. The highest BCUT2D eigenvalue weighted by atomic mass is 16.1. The van der Waals surface area contributed by atoms with Crippen molar-refractivity contribution in [2.75, 3.05) is 7.05 Å². The smallest absolute Gasteiger partial charge is 0.157 e. The van der Waals surface area contributed by atoms with Gasteiger partial charge < -0.3 is 0 Å². The minimum absolute atomic E-state index is 0.311. The highest BCUT2D eigenvalue weighted by molar-refractivity contribution is 5.90. The zero-order chi connectivity index (χ0) is 18.0. The van der Waals surface area contributed by atoms with Crippen LogP contribution in [0, 0.1) is 0 Å². The molecule has 2 aromatic carbocycles. The molecule has 1 aliphatic rings. The van der Waals surface area contributed by atoms with E-state index in [0.29, 0.717) is 18.7 Å². The Hall–Kier alpha value is -2.59. The molecule has 1 atom stereocenters. The summed E-state index contributed by atoms with van der Waals surface area (Å²) in [6.45, 7) is 0.596. The number of rotatable bonds is 4. The third-order valence-electron chi connectivity index (χ3n) is 5.45. The minimum Gasteiger partial charge on any atom is -0.297 e. The molecule has 0 radical (unpaired) electrons. The van der Waals surface area contributed by atoms with Crippen LogP contribution in [-0.4, -0.2) is 27.7 Å². The van der Waals surface area contributed by atoms with Gasteiger partial charge in [-0.3, -0.25) is 14.7 Å². The summed E-state index contributed by atoms with van der Waals surface area (Å²) in [7, 11) is 2.03. The molecular weight excluding hydrogens is 322 g/mol. The Morgan fingerprint density at radius 1 is 1.00 bits per heavy atom. The fourth-order valence-electron chi connectivity index (χ4n) is 4.11. The van der Waals surface area contributed by atoms with Crippen molar-refractivity contribution >= 4 is 16.8 Å². The molecule has 0 aliphatic heterocycles. The van der Waals surface area contributed by atoms with Crippen LogP contribution in [0.15, 0.2) is 60.8 Å². The lowest BCUT2D eigenvalue weighted by atomic mass is 9.74.